The molecule has 0 saturated carbocycles. The highest BCUT2D eigenvalue weighted by Gasteiger charge is 2.45. The van der Waals surface area contributed by atoms with Crippen LogP contribution in [0.15, 0.2) is 0 Å². The highest BCUT2D eigenvalue weighted by molar-refractivity contribution is 4.98. The summed E-state index contributed by atoms with van der Waals surface area (Å²) in [7, 11) is 0. The Kier molecular flexibility index (Phi) is 4.91. The Labute approximate surface area is 119 Å². The van der Waals surface area contributed by atoms with Crippen LogP contribution >= 0.6 is 0 Å². The van der Waals surface area contributed by atoms with Crippen LogP contribution in [0.1, 0.15) is 59.8 Å². The first-order valence-electron chi connectivity index (χ1n) is 8.05. The van der Waals surface area contributed by atoms with Gasteiger partial charge in [0.2, 0.25) is 0 Å². The van der Waals surface area contributed by atoms with Gasteiger partial charge in [0.05, 0.1) is 11.2 Å². The van der Waals surface area contributed by atoms with E-state index in [0.29, 0.717) is 6.04 Å². The summed E-state index contributed by atoms with van der Waals surface area (Å²) in [5.74, 6) is 0. The van der Waals surface area contributed by atoms with Crippen molar-refractivity contribution in [2.45, 2.75) is 77.0 Å². The van der Waals surface area contributed by atoms with Crippen molar-refractivity contribution in [3.63, 3.8) is 0 Å². The molecule has 3 nitrogen and oxygen atoms in total. The summed E-state index contributed by atoms with van der Waals surface area (Å²) in [5.41, 5.74) is -0.0218. The molecular weight excluding hydrogens is 236 g/mol. The quantitative estimate of drug-likeness (QED) is 0.848. The van der Waals surface area contributed by atoms with Crippen molar-refractivity contribution >= 4 is 0 Å². The summed E-state index contributed by atoms with van der Waals surface area (Å²) < 4.78 is 6.14. The summed E-state index contributed by atoms with van der Waals surface area (Å²) in [4.78, 5) is 2.62. The molecule has 2 aliphatic heterocycles. The van der Waals surface area contributed by atoms with Crippen LogP contribution in [0.3, 0.4) is 0 Å². The largest absolute Gasteiger partial charge is 0.368 e. The molecule has 0 bridgehead atoms. The number of ether oxygens (including phenoxy) is 1. The maximum atomic E-state index is 6.14. The van der Waals surface area contributed by atoms with Gasteiger partial charge in [-0.15, -0.1) is 0 Å². The number of rotatable bonds is 4. The fourth-order valence-corrected chi connectivity index (χ4v) is 3.64. The van der Waals surface area contributed by atoms with Crippen LogP contribution in [0.5, 0.6) is 0 Å². The second-order valence-corrected chi connectivity index (χ2v) is 7.43. The van der Waals surface area contributed by atoms with Crippen LogP contribution in [0.4, 0.5) is 0 Å². The molecule has 0 radical (unpaired) electrons. The summed E-state index contributed by atoms with van der Waals surface area (Å²) in [6.45, 7) is 13.7. The Morgan fingerprint density at radius 3 is 2.21 bits per heavy atom. The first kappa shape index (κ1) is 15.3. The van der Waals surface area contributed by atoms with E-state index in [1.807, 2.05) is 0 Å². The molecule has 2 fully saturated rings. The molecule has 2 aliphatic rings. The maximum Gasteiger partial charge on any atom is 0.0787 e. The SMILES string of the molecule is CC1(C)CC(NCCN2CCCCCC2)C(C)(C)O1. The van der Waals surface area contributed by atoms with Crippen molar-refractivity contribution in [2.24, 2.45) is 0 Å². The minimum absolute atomic E-state index is 0.0176. The fourth-order valence-electron chi connectivity index (χ4n) is 3.64. The van der Waals surface area contributed by atoms with Crippen LogP contribution in [0, 0.1) is 0 Å². The number of likely N-dealkylation sites (tertiary alicyclic amines) is 1. The molecule has 3 heteroatoms. The number of nitrogens with one attached hydrogen (secondary N) is 1. The summed E-state index contributed by atoms with van der Waals surface area (Å²) in [6.07, 6.45) is 6.71. The third kappa shape index (κ3) is 4.44. The standard InChI is InChI=1S/C16H32N2O/c1-15(2)13-14(16(3,4)19-15)17-9-12-18-10-7-5-6-8-11-18/h14,17H,5-13H2,1-4H3. The van der Waals surface area contributed by atoms with Gasteiger partial charge in [-0.25, -0.2) is 0 Å². The average molecular weight is 268 g/mol. The van der Waals surface area contributed by atoms with Gasteiger partial charge in [0.15, 0.2) is 0 Å². The lowest BCUT2D eigenvalue weighted by Crippen LogP contribution is -2.46. The Hall–Kier alpha value is -0.120. The zero-order chi connectivity index (χ0) is 13.9. The van der Waals surface area contributed by atoms with Gasteiger partial charge in [-0.1, -0.05) is 12.8 Å². The van der Waals surface area contributed by atoms with Gasteiger partial charge in [0, 0.05) is 19.1 Å². The van der Waals surface area contributed by atoms with Gasteiger partial charge >= 0.3 is 0 Å². The molecule has 1 atom stereocenters. The molecule has 0 aromatic heterocycles. The molecule has 1 unspecified atom stereocenters. The second-order valence-electron chi connectivity index (χ2n) is 7.43. The van der Waals surface area contributed by atoms with Crippen LogP contribution in [-0.2, 0) is 4.74 Å². The minimum atomic E-state index is -0.0394. The lowest BCUT2D eigenvalue weighted by atomic mass is 9.94. The Morgan fingerprint density at radius 1 is 1.05 bits per heavy atom. The van der Waals surface area contributed by atoms with Gasteiger partial charge in [0.1, 0.15) is 0 Å². The second kappa shape index (κ2) is 6.11. The van der Waals surface area contributed by atoms with Gasteiger partial charge in [-0.05, 0) is 60.0 Å². The van der Waals surface area contributed by atoms with Gasteiger partial charge in [-0.2, -0.15) is 0 Å². The molecule has 0 aromatic carbocycles. The molecule has 112 valence electrons. The lowest BCUT2D eigenvalue weighted by molar-refractivity contribution is -0.0698. The van der Waals surface area contributed by atoms with Crippen LogP contribution < -0.4 is 5.32 Å². The van der Waals surface area contributed by atoms with E-state index in [0.717, 1.165) is 13.0 Å². The summed E-state index contributed by atoms with van der Waals surface area (Å²) in [5, 5.41) is 3.73. The molecule has 1 N–H and O–H groups in total. The highest BCUT2D eigenvalue weighted by atomic mass is 16.5. The van der Waals surface area contributed by atoms with Crippen LogP contribution in [-0.4, -0.2) is 48.3 Å². The highest BCUT2D eigenvalue weighted by Crippen LogP contribution is 2.37. The van der Waals surface area contributed by atoms with Crippen molar-refractivity contribution in [3.05, 3.63) is 0 Å². The van der Waals surface area contributed by atoms with E-state index in [9.17, 15) is 0 Å². The normalized spacial score (nSPS) is 31.3. The maximum absolute atomic E-state index is 6.14. The number of hydrogen-bond acceptors (Lipinski definition) is 3. The Morgan fingerprint density at radius 2 is 1.68 bits per heavy atom. The molecule has 2 saturated heterocycles. The summed E-state index contributed by atoms with van der Waals surface area (Å²) >= 11 is 0. The smallest absolute Gasteiger partial charge is 0.0787 e. The average Bonchev–Trinajstić information content (AvgIpc) is 2.48. The van der Waals surface area contributed by atoms with E-state index in [1.54, 1.807) is 0 Å². The third-order valence-corrected chi connectivity index (χ3v) is 4.59. The zero-order valence-corrected chi connectivity index (χ0v) is 13.3. The Balaban J connectivity index is 1.73. The van der Waals surface area contributed by atoms with Crippen molar-refractivity contribution in [1.29, 1.82) is 0 Å². The molecule has 0 aliphatic carbocycles. The van der Waals surface area contributed by atoms with E-state index >= 15 is 0 Å². The van der Waals surface area contributed by atoms with Crippen molar-refractivity contribution in [3.8, 4) is 0 Å². The van der Waals surface area contributed by atoms with Crippen molar-refractivity contribution < 1.29 is 4.74 Å². The predicted molar refractivity (Wildman–Crippen MR) is 80.6 cm³/mol. The van der Waals surface area contributed by atoms with E-state index in [1.165, 1.54) is 45.3 Å². The fraction of sp³-hybridized carbons (Fsp3) is 1.00. The van der Waals surface area contributed by atoms with Gasteiger partial charge < -0.3 is 15.0 Å². The Bertz CT molecular complexity index is 280. The van der Waals surface area contributed by atoms with Gasteiger partial charge in [0.25, 0.3) is 0 Å². The van der Waals surface area contributed by atoms with E-state index in [-0.39, 0.29) is 11.2 Å². The van der Waals surface area contributed by atoms with E-state index in [4.69, 9.17) is 4.74 Å². The molecular formula is C16H32N2O. The van der Waals surface area contributed by atoms with Crippen molar-refractivity contribution in [2.75, 3.05) is 26.2 Å². The van der Waals surface area contributed by atoms with Crippen LogP contribution in [0.2, 0.25) is 0 Å². The number of hydrogen-bond donors (Lipinski definition) is 1. The lowest BCUT2D eigenvalue weighted by Gasteiger charge is -2.29. The predicted octanol–water partition coefficient (Wildman–Crippen LogP) is 2.80. The van der Waals surface area contributed by atoms with E-state index in [2.05, 4.69) is 37.9 Å². The topological polar surface area (TPSA) is 24.5 Å². The molecule has 19 heavy (non-hydrogen) atoms. The minimum Gasteiger partial charge on any atom is -0.368 e. The van der Waals surface area contributed by atoms with Gasteiger partial charge in [-0.3, -0.25) is 0 Å². The van der Waals surface area contributed by atoms with Crippen LogP contribution in [0.25, 0.3) is 0 Å². The first-order valence-corrected chi connectivity index (χ1v) is 8.05. The summed E-state index contributed by atoms with van der Waals surface area (Å²) in [6, 6.07) is 0.481. The molecule has 2 heterocycles. The van der Waals surface area contributed by atoms with Crippen molar-refractivity contribution in [1.82, 2.24) is 10.2 Å². The molecule has 0 aromatic rings. The monoisotopic (exact) mass is 268 g/mol. The first-order chi connectivity index (χ1) is 8.89. The third-order valence-electron chi connectivity index (χ3n) is 4.59. The molecule has 0 spiro atoms. The zero-order valence-electron chi connectivity index (χ0n) is 13.3. The molecule has 2 rings (SSSR count). The molecule has 0 amide bonds. The number of nitrogens with zero attached hydrogens (tertiary/aromatic N) is 1. The van der Waals surface area contributed by atoms with E-state index < -0.39 is 0 Å².